The van der Waals surface area contributed by atoms with Crippen LogP contribution < -0.4 is 5.32 Å². The van der Waals surface area contributed by atoms with E-state index >= 15 is 0 Å². The molecule has 0 aliphatic heterocycles. The number of hydrogen-bond acceptors (Lipinski definition) is 3. The van der Waals surface area contributed by atoms with E-state index in [0.29, 0.717) is 6.42 Å². The maximum Gasteiger partial charge on any atom is 0.266 e. The molecule has 0 saturated heterocycles. The van der Waals surface area contributed by atoms with Crippen LogP contribution in [0.15, 0.2) is 12.2 Å². The molecule has 0 saturated carbocycles. The Hall–Kier alpha value is -0.880. The lowest BCUT2D eigenvalue weighted by Crippen LogP contribution is -2.28. The first-order valence-corrected chi connectivity index (χ1v) is 12.9. The molecule has 0 unspecified atom stereocenters. The Morgan fingerprint density at radius 3 is 1.75 bits per heavy atom. The van der Waals surface area contributed by atoms with E-state index in [2.05, 4.69) is 24.4 Å². The average Bonchev–Trinajstić information content (AvgIpc) is 2.63. The van der Waals surface area contributed by atoms with Gasteiger partial charge in [-0.25, -0.2) is 0 Å². The third-order valence-electron chi connectivity index (χ3n) is 4.85. The quantitative estimate of drug-likeness (QED) is 0.149. The van der Waals surface area contributed by atoms with Gasteiger partial charge in [0.15, 0.2) is 0 Å². The molecule has 28 heavy (non-hydrogen) atoms. The molecule has 6 heteroatoms. The van der Waals surface area contributed by atoms with Crippen LogP contribution in [0.3, 0.4) is 0 Å². The molecule has 2 N–H and O–H groups in total. The summed E-state index contributed by atoms with van der Waals surface area (Å²) in [5.74, 6) is -0.566. The van der Waals surface area contributed by atoms with Crippen molar-refractivity contribution in [1.82, 2.24) is 5.32 Å². The van der Waals surface area contributed by atoms with Crippen molar-refractivity contribution in [2.24, 2.45) is 0 Å². The Balaban J connectivity index is 3.25. The third kappa shape index (κ3) is 23.2. The van der Waals surface area contributed by atoms with E-state index in [-0.39, 0.29) is 12.5 Å². The highest BCUT2D eigenvalue weighted by atomic mass is 32.2. The number of amides is 1. The number of nitrogens with one attached hydrogen (secondary N) is 1. The summed E-state index contributed by atoms with van der Waals surface area (Å²) in [6.45, 7) is 2.23. The fourth-order valence-corrected chi connectivity index (χ4v) is 3.48. The summed E-state index contributed by atoms with van der Waals surface area (Å²) < 4.78 is 29.7. The van der Waals surface area contributed by atoms with Crippen LogP contribution in [-0.2, 0) is 14.9 Å². The molecular formula is C22H43NO4S. The number of hydrogen-bond donors (Lipinski definition) is 2. The van der Waals surface area contributed by atoms with E-state index in [1.165, 1.54) is 77.0 Å². The van der Waals surface area contributed by atoms with Crippen molar-refractivity contribution in [3.8, 4) is 0 Å². The number of unbranched alkanes of at least 4 members (excludes halogenated alkanes) is 13. The maximum absolute atomic E-state index is 11.5. The number of carbonyl (C=O) groups excluding carboxylic acids is 1. The zero-order valence-electron chi connectivity index (χ0n) is 18.0. The predicted molar refractivity (Wildman–Crippen MR) is 118 cm³/mol. The Bertz CT molecular complexity index is 489. The minimum absolute atomic E-state index is 0.0227. The van der Waals surface area contributed by atoms with Crippen LogP contribution in [0.2, 0.25) is 0 Å². The molecule has 0 spiro atoms. The van der Waals surface area contributed by atoms with Crippen molar-refractivity contribution in [2.75, 3.05) is 12.3 Å². The Morgan fingerprint density at radius 2 is 1.25 bits per heavy atom. The smallest absolute Gasteiger partial charge is 0.266 e. The van der Waals surface area contributed by atoms with Gasteiger partial charge >= 0.3 is 0 Å². The van der Waals surface area contributed by atoms with Crippen LogP contribution in [0.25, 0.3) is 0 Å². The molecule has 5 nitrogen and oxygen atoms in total. The van der Waals surface area contributed by atoms with Gasteiger partial charge < -0.3 is 5.32 Å². The molecule has 0 fully saturated rings. The Kier molecular flexibility index (Phi) is 18.8. The normalized spacial score (nSPS) is 11.9. The molecule has 0 aromatic rings. The largest absolute Gasteiger partial charge is 0.355 e. The molecule has 0 heterocycles. The van der Waals surface area contributed by atoms with Crippen molar-refractivity contribution in [3.63, 3.8) is 0 Å². The second kappa shape index (κ2) is 19.4. The molecule has 0 aliphatic carbocycles. The molecule has 0 aliphatic rings. The van der Waals surface area contributed by atoms with Crippen LogP contribution >= 0.6 is 0 Å². The predicted octanol–water partition coefficient (Wildman–Crippen LogP) is 5.81. The molecule has 0 rings (SSSR count). The lowest BCUT2D eigenvalue weighted by molar-refractivity contribution is -0.121. The second-order valence-electron chi connectivity index (χ2n) is 7.68. The lowest BCUT2D eigenvalue weighted by Gasteiger charge is -2.04. The van der Waals surface area contributed by atoms with Crippen LogP contribution in [0.5, 0.6) is 0 Å². The minimum Gasteiger partial charge on any atom is -0.355 e. The molecule has 0 bridgehead atoms. The van der Waals surface area contributed by atoms with Gasteiger partial charge in [-0.3, -0.25) is 9.35 Å². The zero-order chi connectivity index (χ0) is 20.9. The highest BCUT2D eigenvalue weighted by Gasteiger charge is 2.06. The van der Waals surface area contributed by atoms with E-state index in [0.717, 1.165) is 19.3 Å². The molecule has 0 radical (unpaired) electrons. The van der Waals surface area contributed by atoms with Gasteiger partial charge in [0.05, 0.1) is 5.75 Å². The summed E-state index contributed by atoms with van der Waals surface area (Å²) in [7, 11) is -3.99. The first-order chi connectivity index (χ1) is 13.5. The van der Waals surface area contributed by atoms with E-state index in [1.807, 2.05) is 0 Å². The standard InChI is InChI=1S/C22H43NO4S/c1-2-3-4-5-6-7-8-9-10-11-12-13-14-15-16-17-18-19-22(24)23-20-21-28(25,26)27/h9-10H,2-8,11-21H2,1H3,(H,23,24)(H,25,26,27)/b10-9-. The monoisotopic (exact) mass is 417 g/mol. The van der Waals surface area contributed by atoms with Crippen molar-refractivity contribution in [3.05, 3.63) is 12.2 Å². The zero-order valence-corrected chi connectivity index (χ0v) is 18.8. The van der Waals surface area contributed by atoms with E-state index in [4.69, 9.17) is 4.55 Å². The SMILES string of the molecule is CCCCCCCC/C=C\CCCCCCCCCC(=O)NCCS(=O)(=O)O. The first-order valence-electron chi connectivity index (χ1n) is 11.3. The van der Waals surface area contributed by atoms with Crippen LogP contribution in [-0.4, -0.2) is 31.2 Å². The summed E-state index contributed by atoms with van der Waals surface area (Å²) in [4.78, 5) is 11.5. The highest BCUT2D eigenvalue weighted by molar-refractivity contribution is 7.85. The molecule has 0 atom stereocenters. The van der Waals surface area contributed by atoms with Crippen molar-refractivity contribution >= 4 is 16.0 Å². The van der Waals surface area contributed by atoms with E-state index in [9.17, 15) is 13.2 Å². The third-order valence-corrected chi connectivity index (χ3v) is 5.57. The van der Waals surface area contributed by atoms with Gasteiger partial charge in [-0.05, 0) is 32.1 Å². The van der Waals surface area contributed by atoms with Crippen molar-refractivity contribution in [2.45, 2.75) is 110 Å². The van der Waals surface area contributed by atoms with Gasteiger partial charge in [0.1, 0.15) is 0 Å². The number of carbonyl (C=O) groups is 1. The summed E-state index contributed by atoms with van der Waals surface area (Å²) in [6.07, 6.45) is 23.7. The fraction of sp³-hybridized carbons (Fsp3) is 0.864. The van der Waals surface area contributed by atoms with E-state index < -0.39 is 15.9 Å². The molecular weight excluding hydrogens is 374 g/mol. The lowest BCUT2D eigenvalue weighted by atomic mass is 10.1. The molecule has 1 amide bonds. The van der Waals surface area contributed by atoms with Crippen molar-refractivity contribution < 1.29 is 17.8 Å². The van der Waals surface area contributed by atoms with E-state index in [1.54, 1.807) is 0 Å². The molecule has 0 aromatic carbocycles. The van der Waals surface area contributed by atoms with Gasteiger partial charge in [-0.15, -0.1) is 0 Å². The Morgan fingerprint density at radius 1 is 0.786 bits per heavy atom. The van der Waals surface area contributed by atoms with Gasteiger partial charge in [0, 0.05) is 13.0 Å². The average molecular weight is 418 g/mol. The number of rotatable bonds is 20. The highest BCUT2D eigenvalue weighted by Crippen LogP contribution is 2.11. The summed E-state index contributed by atoms with van der Waals surface area (Å²) >= 11 is 0. The van der Waals surface area contributed by atoms with Crippen LogP contribution in [0, 0.1) is 0 Å². The summed E-state index contributed by atoms with van der Waals surface area (Å²) in [5.41, 5.74) is 0. The second-order valence-corrected chi connectivity index (χ2v) is 9.25. The molecule has 0 aromatic heterocycles. The fourth-order valence-electron chi connectivity index (χ4n) is 3.12. The minimum atomic E-state index is -3.99. The Labute approximate surface area is 173 Å². The van der Waals surface area contributed by atoms with Gasteiger partial charge in [0.2, 0.25) is 5.91 Å². The maximum atomic E-state index is 11.5. The van der Waals surface area contributed by atoms with Crippen LogP contribution in [0.1, 0.15) is 110 Å². The van der Waals surface area contributed by atoms with Gasteiger partial charge in [-0.1, -0.05) is 83.3 Å². The van der Waals surface area contributed by atoms with Crippen molar-refractivity contribution in [1.29, 1.82) is 0 Å². The summed E-state index contributed by atoms with van der Waals surface area (Å²) in [5, 5.41) is 2.51. The topological polar surface area (TPSA) is 83.5 Å². The van der Waals surface area contributed by atoms with Crippen LogP contribution in [0.4, 0.5) is 0 Å². The first kappa shape index (κ1) is 27.1. The van der Waals surface area contributed by atoms with Gasteiger partial charge in [-0.2, -0.15) is 8.42 Å². The summed E-state index contributed by atoms with van der Waals surface area (Å²) in [6, 6.07) is 0. The van der Waals surface area contributed by atoms with Gasteiger partial charge in [0.25, 0.3) is 10.1 Å². The number of allylic oxidation sites excluding steroid dienone is 2. The molecule has 166 valence electrons.